The number of amides is 2. The van der Waals surface area contributed by atoms with Crippen molar-refractivity contribution in [3.05, 3.63) is 95.2 Å². The molecule has 2 amide bonds. The molecule has 0 atom stereocenters. The molecule has 0 bridgehead atoms. The minimum absolute atomic E-state index is 0.0340. The van der Waals surface area contributed by atoms with Crippen molar-refractivity contribution < 1.29 is 27.2 Å². The van der Waals surface area contributed by atoms with Crippen LogP contribution in [0, 0.1) is 12.7 Å². The van der Waals surface area contributed by atoms with Crippen molar-refractivity contribution in [3.63, 3.8) is 0 Å². The van der Waals surface area contributed by atoms with Crippen LogP contribution in [0.15, 0.2) is 67.0 Å². The second-order valence-corrected chi connectivity index (χ2v) is 10.3. The van der Waals surface area contributed by atoms with Crippen LogP contribution in [-0.4, -0.2) is 50.6 Å². The molecule has 2 aromatic heterocycles. The number of alkyl halides is 3. The first-order valence-corrected chi connectivity index (χ1v) is 13.2. The highest BCUT2D eigenvalue weighted by atomic mass is 19.4. The maximum atomic E-state index is 14.5. The summed E-state index contributed by atoms with van der Waals surface area (Å²) in [6.45, 7) is 2.79. The number of benzene rings is 2. The van der Waals surface area contributed by atoms with E-state index in [0.717, 1.165) is 28.9 Å². The summed E-state index contributed by atoms with van der Waals surface area (Å²) in [5.74, 6) is -1.74. The van der Waals surface area contributed by atoms with Gasteiger partial charge in [-0.1, -0.05) is 12.1 Å². The molecule has 0 radical (unpaired) electrons. The van der Waals surface area contributed by atoms with Crippen LogP contribution in [0.4, 0.5) is 23.2 Å². The lowest BCUT2D eigenvalue weighted by Crippen LogP contribution is -2.48. The zero-order valence-corrected chi connectivity index (χ0v) is 22.0. The third-order valence-electron chi connectivity index (χ3n) is 7.62. The number of anilines is 1. The third kappa shape index (κ3) is 4.96. The Kier molecular flexibility index (Phi) is 6.59. The number of hydrogen-bond acceptors (Lipinski definition) is 4. The molecule has 11 heteroatoms. The van der Waals surface area contributed by atoms with Crippen LogP contribution in [-0.2, 0) is 17.4 Å². The topological polar surface area (TPSA) is 71.3 Å². The first kappa shape index (κ1) is 26.7. The molecule has 2 aromatic carbocycles. The summed E-state index contributed by atoms with van der Waals surface area (Å²) in [4.78, 5) is 34.0. The molecule has 2 aliphatic heterocycles. The van der Waals surface area contributed by atoms with Crippen LogP contribution < -0.4 is 4.90 Å². The number of aryl methyl sites for hydroxylation is 1. The maximum Gasteiger partial charge on any atom is 0.419 e. The van der Waals surface area contributed by atoms with Gasteiger partial charge in [0.25, 0.3) is 5.91 Å². The van der Waals surface area contributed by atoms with Gasteiger partial charge in [-0.3, -0.25) is 14.6 Å². The molecule has 2 aliphatic rings. The van der Waals surface area contributed by atoms with Crippen molar-refractivity contribution in [2.45, 2.75) is 38.4 Å². The monoisotopic (exact) mass is 563 g/mol. The number of piperidine rings is 1. The smallest absolute Gasteiger partial charge is 0.337 e. The highest BCUT2D eigenvalue weighted by Gasteiger charge is 2.37. The van der Waals surface area contributed by atoms with Gasteiger partial charge in [0, 0.05) is 48.8 Å². The Morgan fingerprint density at radius 2 is 1.80 bits per heavy atom. The van der Waals surface area contributed by atoms with Crippen molar-refractivity contribution >= 4 is 17.5 Å². The van der Waals surface area contributed by atoms with Crippen LogP contribution in [0.1, 0.15) is 40.0 Å². The van der Waals surface area contributed by atoms with E-state index in [4.69, 9.17) is 0 Å². The normalized spacial score (nSPS) is 15.9. The van der Waals surface area contributed by atoms with E-state index in [9.17, 15) is 27.2 Å². The average molecular weight is 564 g/mol. The fourth-order valence-electron chi connectivity index (χ4n) is 5.59. The van der Waals surface area contributed by atoms with E-state index in [1.165, 1.54) is 16.9 Å². The summed E-state index contributed by atoms with van der Waals surface area (Å²) in [6.07, 6.45) is -0.208. The molecular weight excluding hydrogens is 538 g/mol. The van der Waals surface area contributed by atoms with Gasteiger partial charge in [-0.2, -0.15) is 18.3 Å². The molecule has 1 saturated heterocycles. The number of aromatic nitrogens is 3. The van der Waals surface area contributed by atoms with Crippen LogP contribution in [0.25, 0.3) is 16.9 Å². The fraction of sp³-hybridized carbons (Fsp3) is 0.267. The predicted octanol–water partition coefficient (Wildman–Crippen LogP) is 5.59. The number of carbonyl (C=O) groups is 2. The third-order valence-corrected chi connectivity index (χ3v) is 7.62. The largest absolute Gasteiger partial charge is 0.419 e. The number of likely N-dealkylation sites (tertiary alicyclic amines) is 1. The van der Waals surface area contributed by atoms with Crippen molar-refractivity contribution in [2.75, 3.05) is 18.0 Å². The van der Waals surface area contributed by atoms with E-state index >= 15 is 0 Å². The standard InChI is InChI=1S/C30H25F4N5O2/c1-18-4-5-19-14-28(40)38(26(19)13-18)21-8-11-37(12-9-21)29(41)25-16-27(20-3-2-10-35-17-20)39(36-25)22-6-7-23(24(31)15-22)30(32,33)34/h2-7,10,13,15-17,21H,8-9,11-12,14H2,1H3. The number of carbonyl (C=O) groups excluding carboxylic acids is 2. The molecule has 4 heterocycles. The summed E-state index contributed by atoms with van der Waals surface area (Å²) in [5, 5.41) is 4.40. The van der Waals surface area contributed by atoms with Crippen LogP contribution in [0.2, 0.25) is 0 Å². The Labute approximate surface area is 233 Å². The number of fused-ring (bicyclic) bond motifs is 1. The van der Waals surface area contributed by atoms with Gasteiger partial charge in [-0.25, -0.2) is 9.07 Å². The number of halogens is 4. The summed E-state index contributed by atoms with van der Waals surface area (Å²) in [5.41, 5.74) is 2.67. The molecule has 6 rings (SSSR count). The fourth-order valence-corrected chi connectivity index (χ4v) is 5.59. The summed E-state index contributed by atoms with van der Waals surface area (Å²) in [6, 6.07) is 13.4. The second kappa shape index (κ2) is 10.1. The minimum Gasteiger partial charge on any atom is -0.337 e. The van der Waals surface area contributed by atoms with Gasteiger partial charge < -0.3 is 9.80 Å². The van der Waals surface area contributed by atoms with Gasteiger partial charge in [0.2, 0.25) is 5.91 Å². The Bertz CT molecular complexity index is 1640. The van der Waals surface area contributed by atoms with Gasteiger partial charge in [-0.15, -0.1) is 0 Å². The van der Waals surface area contributed by atoms with Gasteiger partial charge in [-0.05, 0) is 67.3 Å². The van der Waals surface area contributed by atoms with Crippen molar-refractivity contribution in [1.82, 2.24) is 19.7 Å². The Hall–Kier alpha value is -4.54. The van der Waals surface area contributed by atoms with Gasteiger partial charge >= 0.3 is 6.18 Å². The van der Waals surface area contributed by atoms with E-state index < -0.39 is 17.6 Å². The Morgan fingerprint density at radius 3 is 2.49 bits per heavy atom. The highest BCUT2D eigenvalue weighted by molar-refractivity contribution is 6.02. The molecule has 210 valence electrons. The van der Waals surface area contributed by atoms with Crippen LogP contribution in [0.5, 0.6) is 0 Å². The van der Waals surface area contributed by atoms with E-state index in [1.54, 1.807) is 23.2 Å². The van der Waals surface area contributed by atoms with E-state index in [0.29, 0.717) is 49.7 Å². The highest BCUT2D eigenvalue weighted by Crippen LogP contribution is 2.35. The van der Waals surface area contributed by atoms with Crippen molar-refractivity contribution in [1.29, 1.82) is 0 Å². The SMILES string of the molecule is Cc1ccc2c(c1)N(C1CCN(C(=O)c3cc(-c4cccnc4)n(-c4ccc(C(F)(F)F)c(F)c4)n3)CC1)C(=O)C2. The molecule has 0 saturated carbocycles. The molecular formula is C30H25F4N5O2. The second-order valence-electron chi connectivity index (χ2n) is 10.3. The molecule has 0 unspecified atom stereocenters. The number of nitrogens with zero attached hydrogens (tertiary/aromatic N) is 5. The number of hydrogen-bond donors (Lipinski definition) is 0. The Balaban J connectivity index is 1.26. The van der Waals surface area contributed by atoms with Crippen LogP contribution >= 0.6 is 0 Å². The number of pyridine rings is 1. The van der Waals surface area contributed by atoms with E-state index in [-0.39, 0.29) is 29.2 Å². The molecule has 1 fully saturated rings. The predicted molar refractivity (Wildman–Crippen MR) is 143 cm³/mol. The summed E-state index contributed by atoms with van der Waals surface area (Å²) >= 11 is 0. The maximum absolute atomic E-state index is 14.5. The quantitative estimate of drug-likeness (QED) is 0.304. The van der Waals surface area contributed by atoms with Gasteiger partial charge in [0.1, 0.15) is 5.82 Å². The van der Waals surface area contributed by atoms with Gasteiger partial charge in [0.05, 0.1) is 23.4 Å². The first-order chi connectivity index (χ1) is 19.6. The van der Waals surface area contributed by atoms with E-state index in [2.05, 4.69) is 10.1 Å². The first-order valence-electron chi connectivity index (χ1n) is 13.2. The molecule has 4 aromatic rings. The zero-order chi connectivity index (χ0) is 28.9. The molecule has 7 nitrogen and oxygen atoms in total. The Morgan fingerprint density at radius 1 is 1.02 bits per heavy atom. The van der Waals surface area contributed by atoms with Crippen molar-refractivity contribution in [2.24, 2.45) is 0 Å². The molecule has 41 heavy (non-hydrogen) atoms. The summed E-state index contributed by atoms with van der Waals surface area (Å²) in [7, 11) is 0. The van der Waals surface area contributed by atoms with Crippen molar-refractivity contribution in [3.8, 4) is 16.9 Å². The average Bonchev–Trinajstić information content (AvgIpc) is 3.53. The number of rotatable bonds is 4. The lowest BCUT2D eigenvalue weighted by Gasteiger charge is -2.36. The summed E-state index contributed by atoms with van der Waals surface area (Å²) < 4.78 is 55.1. The minimum atomic E-state index is -4.84. The van der Waals surface area contributed by atoms with E-state index in [1.807, 2.05) is 30.0 Å². The molecule has 0 N–H and O–H groups in total. The van der Waals surface area contributed by atoms with Gasteiger partial charge in [0.15, 0.2) is 5.69 Å². The lowest BCUT2D eigenvalue weighted by molar-refractivity contribution is -0.140. The lowest BCUT2D eigenvalue weighted by atomic mass is 10.0. The molecule has 0 aliphatic carbocycles. The molecule has 0 spiro atoms. The van der Waals surface area contributed by atoms with Crippen LogP contribution in [0.3, 0.4) is 0 Å². The zero-order valence-electron chi connectivity index (χ0n) is 22.0.